The van der Waals surface area contributed by atoms with Crippen molar-refractivity contribution in [2.75, 3.05) is 0 Å². The molecule has 0 aliphatic rings. The molecule has 132 valence electrons. The topological polar surface area (TPSA) is 73.1 Å². The fourth-order valence-corrected chi connectivity index (χ4v) is 3.31. The Bertz CT molecular complexity index is 853. The van der Waals surface area contributed by atoms with Gasteiger partial charge in [-0.1, -0.05) is 13.8 Å². The molecule has 0 unspecified atom stereocenters. The normalized spacial score (nSPS) is 12.1. The number of fused-ring (bicyclic) bond motifs is 1. The second-order valence-corrected chi connectivity index (χ2v) is 8.36. The highest BCUT2D eigenvalue weighted by atomic mass is 32.1. The van der Waals surface area contributed by atoms with Gasteiger partial charge in [0.15, 0.2) is 0 Å². The van der Waals surface area contributed by atoms with Crippen LogP contribution in [-0.4, -0.2) is 20.6 Å². The standard InChI is InChI=1S/C17H25N3O3S/c1-11(2)6-8-19-15(22)14-12(7-9-24-14)20(16(19)23)10-13(21)18-17(3,4)5/h7,9,11H,6,8,10H2,1-5H3,(H,18,21). The minimum absolute atomic E-state index is 0.0920. The van der Waals surface area contributed by atoms with Crippen LogP contribution in [0, 0.1) is 5.92 Å². The predicted molar refractivity (Wildman–Crippen MR) is 97.7 cm³/mol. The molecule has 0 fully saturated rings. The van der Waals surface area contributed by atoms with Crippen molar-refractivity contribution in [3.05, 3.63) is 32.3 Å². The van der Waals surface area contributed by atoms with E-state index >= 15 is 0 Å². The van der Waals surface area contributed by atoms with Gasteiger partial charge in [-0.05, 0) is 44.6 Å². The van der Waals surface area contributed by atoms with Crippen LogP contribution in [0.1, 0.15) is 41.0 Å². The van der Waals surface area contributed by atoms with Gasteiger partial charge >= 0.3 is 5.69 Å². The van der Waals surface area contributed by atoms with E-state index in [0.717, 1.165) is 6.42 Å². The maximum absolute atomic E-state index is 12.8. The number of hydrogen-bond donors (Lipinski definition) is 1. The monoisotopic (exact) mass is 351 g/mol. The van der Waals surface area contributed by atoms with Crippen molar-refractivity contribution in [2.45, 2.75) is 59.7 Å². The molecule has 0 spiro atoms. The Labute approximate surface area is 145 Å². The van der Waals surface area contributed by atoms with E-state index in [1.54, 1.807) is 11.4 Å². The summed E-state index contributed by atoms with van der Waals surface area (Å²) in [6, 6.07) is 1.72. The van der Waals surface area contributed by atoms with E-state index in [2.05, 4.69) is 5.32 Å². The highest BCUT2D eigenvalue weighted by Crippen LogP contribution is 2.15. The lowest BCUT2D eigenvalue weighted by Crippen LogP contribution is -2.46. The Morgan fingerprint density at radius 2 is 1.92 bits per heavy atom. The van der Waals surface area contributed by atoms with Crippen molar-refractivity contribution in [3.63, 3.8) is 0 Å². The first-order chi connectivity index (χ1) is 11.1. The molecule has 7 heteroatoms. The van der Waals surface area contributed by atoms with Gasteiger partial charge in [0.2, 0.25) is 5.91 Å². The molecule has 1 amide bonds. The van der Waals surface area contributed by atoms with Crippen LogP contribution in [0.5, 0.6) is 0 Å². The van der Waals surface area contributed by atoms with Crippen molar-refractivity contribution in [1.82, 2.24) is 14.5 Å². The molecule has 0 aliphatic carbocycles. The Kier molecular flexibility index (Phi) is 5.32. The van der Waals surface area contributed by atoms with Crippen LogP contribution < -0.4 is 16.6 Å². The number of hydrogen-bond acceptors (Lipinski definition) is 4. The third-order valence-corrected chi connectivity index (χ3v) is 4.47. The molecule has 24 heavy (non-hydrogen) atoms. The number of thiophene rings is 1. The van der Waals surface area contributed by atoms with Crippen LogP contribution in [0.4, 0.5) is 0 Å². The molecular formula is C17H25N3O3S. The smallest absolute Gasteiger partial charge is 0.332 e. The largest absolute Gasteiger partial charge is 0.350 e. The highest BCUT2D eigenvalue weighted by molar-refractivity contribution is 7.17. The molecule has 0 saturated carbocycles. The molecule has 1 N–H and O–H groups in total. The summed E-state index contributed by atoms with van der Waals surface area (Å²) in [6.07, 6.45) is 0.736. The Balaban J connectivity index is 2.49. The maximum Gasteiger partial charge on any atom is 0.332 e. The van der Waals surface area contributed by atoms with E-state index in [-0.39, 0.29) is 23.6 Å². The molecular weight excluding hydrogens is 326 g/mol. The van der Waals surface area contributed by atoms with Gasteiger partial charge < -0.3 is 5.32 Å². The minimum atomic E-state index is -0.421. The van der Waals surface area contributed by atoms with Crippen LogP contribution in [0.3, 0.4) is 0 Å². The first-order valence-corrected chi connectivity index (χ1v) is 9.00. The fraction of sp³-hybridized carbons (Fsp3) is 0.588. The number of amides is 1. The van der Waals surface area contributed by atoms with Gasteiger partial charge in [-0.25, -0.2) is 4.79 Å². The van der Waals surface area contributed by atoms with Crippen LogP contribution in [0.25, 0.3) is 10.2 Å². The van der Waals surface area contributed by atoms with Crippen LogP contribution >= 0.6 is 11.3 Å². The summed E-state index contributed by atoms with van der Waals surface area (Å²) < 4.78 is 3.17. The Morgan fingerprint density at radius 3 is 2.50 bits per heavy atom. The molecule has 2 heterocycles. The molecule has 0 radical (unpaired) electrons. The van der Waals surface area contributed by atoms with Crippen molar-refractivity contribution >= 4 is 27.5 Å². The zero-order chi connectivity index (χ0) is 18.1. The first-order valence-electron chi connectivity index (χ1n) is 8.12. The van der Waals surface area contributed by atoms with E-state index in [1.807, 2.05) is 34.6 Å². The SMILES string of the molecule is CC(C)CCn1c(=O)c2sccc2n(CC(=O)NC(C)(C)C)c1=O. The third kappa shape index (κ3) is 4.14. The zero-order valence-corrected chi connectivity index (χ0v) is 15.7. The average Bonchev–Trinajstić information content (AvgIpc) is 2.90. The second kappa shape index (κ2) is 6.93. The minimum Gasteiger partial charge on any atom is -0.350 e. The number of rotatable bonds is 5. The van der Waals surface area contributed by atoms with Gasteiger partial charge in [0.1, 0.15) is 11.2 Å². The molecule has 2 aromatic heterocycles. The predicted octanol–water partition coefficient (Wildman–Crippen LogP) is 2.19. The molecule has 0 atom stereocenters. The third-order valence-electron chi connectivity index (χ3n) is 3.58. The van der Waals surface area contributed by atoms with Gasteiger partial charge in [-0.2, -0.15) is 0 Å². The Morgan fingerprint density at radius 1 is 1.25 bits per heavy atom. The lowest BCUT2D eigenvalue weighted by molar-refractivity contribution is -0.123. The molecule has 0 bridgehead atoms. The lowest BCUT2D eigenvalue weighted by Gasteiger charge is -2.21. The van der Waals surface area contributed by atoms with Crippen LogP contribution in [0.2, 0.25) is 0 Å². The van der Waals surface area contributed by atoms with E-state index in [9.17, 15) is 14.4 Å². The summed E-state index contributed by atoms with van der Waals surface area (Å²) in [5.74, 6) is 0.138. The Hall–Kier alpha value is -1.89. The molecule has 2 aromatic rings. The van der Waals surface area contributed by atoms with Gasteiger partial charge in [-0.15, -0.1) is 11.3 Å². The second-order valence-electron chi connectivity index (χ2n) is 7.44. The molecule has 6 nitrogen and oxygen atoms in total. The quantitative estimate of drug-likeness (QED) is 0.897. The molecule has 0 saturated heterocycles. The summed E-state index contributed by atoms with van der Waals surface area (Å²) in [4.78, 5) is 37.6. The van der Waals surface area contributed by atoms with E-state index in [1.165, 1.54) is 20.5 Å². The molecule has 2 rings (SSSR count). The van der Waals surface area contributed by atoms with Crippen molar-refractivity contribution in [3.8, 4) is 0 Å². The highest BCUT2D eigenvalue weighted by Gasteiger charge is 2.19. The summed E-state index contributed by atoms with van der Waals surface area (Å²) in [5, 5.41) is 4.63. The van der Waals surface area contributed by atoms with Crippen molar-refractivity contribution in [1.29, 1.82) is 0 Å². The number of carbonyl (C=O) groups is 1. The van der Waals surface area contributed by atoms with E-state index in [0.29, 0.717) is 22.7 Å². The summed E-state index contributed by atoms with van der Waals surface area (Å²) >= 11 is 1.30. The maximum atomic E-state index is 12.8. The number of nitrogens with one attached hydrogen (secondary N) is 1. The number of nitrogens with zero attached hydrogens (tertiary/aromatic N) is 2. The number of carbonyl (C=O) groups excluding carboxylic acids is 1. The first kappa shape index (κ1) is 18.4. The van der Waals surface area contributed by atoms with Crippen LogP contribution in [-0.2, 0) is 17.9 Å². The van der Waals surface area contributed by atoms with Gasteiger partial charge in [-0.3, -0.25) is 18.7 Å². The molecule has 0 aliphatic heterocycles. The zero-order valence-electron chi connectivity index (χ0n) is 14.9. The van der Waals surface area contributed by atoms with Crippen molar-refractivity contribution < 1.29 is 4.79 Å². The fourth-order valence-electron chi connectivity index (χ4n) is 2.47. The summed E-state index contributed by atoms with van der Waals surface area (Å²) in [7, 11) is 0. The van der Waals surface area contributed by atoms with E-state index in [4.69, 9.17) is 0 Å². The van der Waals surface area contributed by atoms with E-state index < -0.39 is 5.69 Å². The van der Waals surface area contributed by atoms with Gasteiger partial charge in [0.05, 0.1) is 5.52 Å². The average molecular weight is 351 g/mol. The lowest BCUT2D eigenvalue weighted by atomic mass is 10.1. The summed E-state index contributed by atoms with van der Waals surface area (Å²) in [5.41, 5.74) is -0.533. The number of aromatic nitrogens is 2. The van der Waals surface area contributed by atoms with Gasteiger partial charge in [0.25, 0.3) is 5.56 Å². The van der Waals surface area contributed by atoms with Crippen LogP contribution in [0.15, 0.2) is 21.0 Å². The van der Waals surface area contributed by atoms with Crippen molar-refractivity contribution in [2.24, 2.45) is 5.92 Å². The molecule has 0 aromatic carbocycles. The van der Waals surface area contributed by atoms with Gasteiger partial charge in [0, 0.05) is 12.1 Å². The summed E-state index contributed by atoms with van der Waals surface area (Å²) in [6.45, 7) is 10.0.